The zero-order valence-corrected chi connectivity index (χ0v) is 13.2. The molecule has 0 saturated carbocycles. The second-order valence-electron chi connectivity index (χ2n) is 5.82. The molecule has 0 atom stereocenters. The summed E-state index contributed by atoms with van der Waals surface area (Å²) in [4.78, 5) is 12.9. The number of hydrogen-bond donors (Lipinski definition) is 0. The van der Waals surface area contributed by atoms with Crippen molar-refractivity contribution in [1.29, 1.82) is 0 Å². The Morgan fingerprint density at radius 1 is 0.741 bits per heavy atom. The Morgan fingerprint density at radius 3 is 1.52 bits per heavy atom. The van der Waals surface area contributed by atoms with E-state index >= 15 is 0 Å². The SMILES string of the molecule is CN1CCN(C(=O)C(F)(F)C(F)(F)C(F)(F)C(F)(F)C(F)(F)C(F)F)CC1. The molecule has 0 bridgehead atoms. The molecule has 160 valence electrons. The highest BCUT2D eigenvalue weighted by Crippen LogP contribution is 2.58. The molecule has 1 saturated heterocycles. The molecule has 1 rings (SSSR count). The van der Waals surface area contributed by atoms with Crippen molar-refractivity contribution in [3.8, 4) is 0 Å². The van der Waals surface area contributed by atoms with Gasteiger partial charge in [0.15, 0.2) is 0 Å². The van der Waals surface area contributed by atoms with Crippen molar-refractivity contribution < 1.29 is 57.5 Å². The molecule has 0 aromatic heterocycles. The number of nitrogens with zero attached hydrogens (tertiary/aromatic N) is 2. The Hall–Kier alpha value is -1.41. The molecule has 15 heteroatoms. The molecule has 0 unspecified atom stereocenters. The molecule has 1 aliphatic rings. The lowest BCUT2D eigenvalue weighted by atomic mass is 9.93. The highest BCUT2D eigenvalue weighted by Gasteiger charge is 2.89. The molecule has 0 radical (unpaired) electrons. The van der Waals surface area contributed by atoms with Crippen molar-refractivity contribution in [2.75, 3.05) is 33.2 Å². The summed E-state index contributed by atoms with van der Waals surface area (Å²) in [5.41, 5.74) is 0. The molecule has 1 fully saturated rings. The van der Waals surface area contributed by atoms with Crippen LogP contribution in [0.3, 0.4) is 0 Å². The summed E-state index contributed by atoms with van der Waals surface area (Å²) >= 11 is 0. The lowest BCUT2D eigenvalue weighted by molar-refractivity contribution is -0.407. The number of amides is 1. The maximum Gasteiger partial charge on any atom is 0.392 e. The van der Waals surface area contributed by atoms with E-state index in [1.807, 2.05) is 0 Å². The second kappa shape index (κ2) is 6.88. The molecule has 1 heterocycles. The summed E-state index contributed by atoms with van der Waals surface area (Å²) in [5, 5.41) is 0. The van der Waals surface area contributed by atoms with Crippen LogP contribution in [-0.4, -0.2) is 85.0 Å². The third kappa shape index (κ3) is 3.42. The van der Waals surface area contributed by atoms with Crippen LogP contribution in [0, 0.1) is 0 Å². The summed E-state index contributed by atoms with van der Waals surface area (Å²) in [7, 11) is 1.43. The van der Waals surface area contributed by atoms with Crippen LogP contribution in [0.5, 0.6) is 0 Å². The maximum absolute atomic E-state index is 13.7. The molecule has 0 N–H and O–H groups in total. The quantitative estimate of drug-likeness (QED) is 0.607. The predicted molar refractivity (Wildman–Crippen MR) is 64.8 cm³/mol. The second-order valence-corrected chi connectivity index (χ2v) is 5.82. The highest BCUT2D eigenvalue weighted by atomic mass is 19.4. The zero-order valence-electron chi connectivity index (χ0n) is 13.2. The van der Waals surface area contributed by atoms with Crippen LogP contribution in [0.25, 0.3) is 0 Å². The van der Waals surface area contributed by atoms with Crippen LogP contribution in [0.4, 0.5) is 52.7 Å². The fraction of sp³-hybridized carbons (Fsp3) is 0.917. The van der Waals surface area contributed by atoms with Gasteiger partial charge < -0.3 is 9.80 Å². The molecular weight excluding hydrogens is 416 g/mol. The molecule has 3 nitrogen and oxygen atoms in total. The minimum Gasteiger partial charge on any atom is -0.335 e. The Labute approximate surface area is 143 Å². The Morgan fingerprint density at radius 2 is 1.15 bits per heavy atom. The van der Waals surface area contributed by atoms with Gasteiger partial charge in [0.05, 0.1) is 0 Å². The van der Waals surface area contributed by atoms with Gasteiger partial charge >= 0.3 is 36.0 Å². The summed E-state index contributed by atoms with van der Waals surface area (Å²) in [5.74, 6) is -39.4. The fourth-order valence-corrected chi connectivity index (χ4v) is 2.08. The van der Waals surface area contributed by atoms with Crippen LogP contribution < -0.4 is 0 Å². The molecule has 1 amide bonds. The van der Waals surface area contributed by atoms with Crippen molar-refractivity contribution in [2.45, 2.75) is 36.0 Å². The average molecular weight is 428 g/mol. The summed E-state index contributed by atoms with van der Waals surface area (Å²) in [6.07, 6.45) is -5.57. The van der Waals surface area contributed by atoms with Gasteiger partial charge in [-0.1, -0.05) is 0 Å². The van der Waals surface area contributed by atoms with Gasteiger partial charge in [0.2, 0.25) is 0 Å². The van der Waals surface area contributed by atoms with E-state index in [1.165, 1.54) is 11.9 Å². The monoisotopic (exact) mass is 428 g/mol. The first kappa shape index (κ1) is 23.6. The molecule has 0 spiro atoms. The summed E-state index contributed by atoms with van der Waals surface area (Å²) < 4.78 is 157. The predicted octanol–water partition coefficient (Wildman–Crippen LogP) is 3.20. The van der Waals surface area contributed by atoms with Crippen LogP contribution in [-0.2, 0) is 4.79 Å². The Bertz CT molecular complexity index is 557. The molecule has 0 aromatic rings. The summed E-state index contributed by atoms with van der Waals surface area (Å²) in [6.45, 7) is -1.67. The van der Waals surface area contributed by atoms with Crippen LogP contribution in [0.15, 0.2) is 0 Å². The number of piperazine rings is 1. The molecule has 27 heavy (non-hydrogen) atoms. The number of carbonyl (C=O) groups excluding carboxylic acids is 1. The topological polar surface area (TPSA) is 23.6 Å². The first-order valence-corrected chi connectivity index (χ1v) is 7.00. The van der Waals surface area contributed by atoms with E-state index in [4.69, 9.17) is 0 Å². The van der Waals surface area contributed by atoms with Crippen LogP contribution in [0.1, 0.15) is 0 Å². The maximum atomic E-state index is 13.7. The average Bonchev–Trinajstić information content (AvgIpc) is 2.53. The van der Waals surface area contributed by atoms with Crippen molar-refractivity contribution in [1.82, 2.24) is 9.80 Å². The van der Waals surface area contributed by atoms with Crippen molar-refractivity contribution in [3.63, 3.8) is 0 Å². The van der Waals surface area contributed by atoms with E-state index in [2.05, 4.69) is 0 Å². The number of halogens is 12. The van der Waals surface area contributed by atoms with Crippen molar-refractivity contribution >= 4 is 5.91 Å². The van der Waals surface area contributed by atoms with Gasteiger partial charge in [0.25, 0.3) is 5.91 Å². The third-order valence-corrected chi connectivity index (χ3v) is 3.93. The lowest BCUT2D eigenvalue weighted by Crippen LogP contribution is -2.71. The van der Waals surface area contributed by atoms with Crippen molar-refractivity contribution in [2.24, 2.45) is 0 Å². The molecule has 0 aromatic carbocycles. The van der Waals surface area contributed by atoms with Gasteiger partial charge in [-0.3, -0.25) is 4.79 Å². The minimum absolute atomic E-state index is 0.0482. The van der Waals surface area contributed by atoms with E-state index in [9.17, 15) is 57.5 Å². The highest BCUT2D eigenvalue weighted by molar-refractivity contribution is 5.85. The van der Waals surface area contributed by atoms with Gasteiger partial charge in [-0.05, 0) is 7.05 Å². The van der Waals surface area contributed by atoms with Gasteiger partial charge in [-0.15, -0.1) is 0 Å². The standard InChI is InChI=1S/C12H12F12N2O/c1-25-2-4-26(5-3-25)7(27)9(17,18)11(21,22)12(23,24)10(19,20)8(15,16)6(13)14/h6H,2-5H2,1H3. The summed E-state index contributed by atoms with van der Waals surface area (Å²) in [6, 6.07) is 0. The smallest absolute Gasteiger partial charge is 0.335 e. The fourth-order valence-electron chi connectivity index (χ4n) is 2.08. The van der Waals surface area contributed by atoms with Gasteiger partial charge in [0, 0.05) is 26.2 Å². The van der Waals surface area contributed by atoms with Gasteiger partial charge in [0.1, 0.15) is 0 Å². The molecular formula is C12H12F12N2O. The van der Waals surface area contributed by atoms with E-state index in [-0.39, 0.29) is 18.0 Å². The number of alkyl halides is 12. The Balaban J connectivity index is 3.29. The Kier molecular flexibility index (Phi) is 6.02. The van der Waals surface area contributed by atoms with Crippen LogP contribution >= 0.6 is 0 Å². The van der Waals surface area contributed by atoms with E-state index in [0.717, 1.165) is 0 Å². The van der Waals surface area contributed by atoms with Crippen LogP contribution in [0.2, 0.25) is 0 Å². The molecule has 0 aliphatic carbocycles. The van der Waals surface area contributed by atoms with Gasteiger partial charge in [-0.2, -0.15) is 43.9 Å². The third-order valence-electron chi connectivity index (χ3n) is 3.93. The number of likely N-dealkylation sites (N-methyl/N-ethyl adjacent to an activating group) is 1. The van der Waals surface area contributed by atoms with E-state index in [1.54, 1.807) is 0 Å². The first-order valence-electron chi connectivity index (χ1n) is 7.00. The largest absolute Gasteiger partial charge is 0.392 e. The first-order chi connectivity index (χ1) is 11.9. The molecule has 1 aliphatic heterocycles. The van der Waals surface area contributed by atoms with E-state index < -0.39 is 55.0 Å². The lowest BCUT2D eigenvalue weighted by Gasteiger charge is -2.40. The normalized spacial score (nSPS) is 19.0. The number of hydrogen-bond acceptors (Lipinski definition) is 2. The van der Waals surface area contributed by atoms with Crippen molar-refractivity contribution in [3.05, 3.63) is 0 Å². The zero-order chi connectivity index (χ0) is 21.6. The van der Waals surface area contributed by atoms with E-state index in [0.29, 0.717) is 0 Å². The van der Waals surface area contributed by atoms with Gasteiger partial charge in [-0.25, -0.2) is 8.78 Å². The number of carbonyl (C=O) groups is 1. The minimum atomic E-state index is -7.69. The number of rotatable bonds is 6.